The van der Waals surface area contributed by atoms with Gasteiger partial charge in [-0.05, 0) is 40.5 Å². The van der Waals surface area contributed by atoms with E-state index in [0.29, 0.717) is 29.7 Å². The summed E-state index contributed by atoms with van der Waals surface area (Å²) in [7, 11) is 3.44. The van der Waals surface area contributed by atoms with Crippen molar-refractivity contribution in [3.8, 4) is 11.5 Å². The Labute approximate surface area is 137 Å². The van der Waals surface area contributed by atoms with E-state index in [1.54, 1.807) is 17.9 Å². The van der Waals surface area contributed by atoms with Crippen molar-refractivity contribution in [2.24, 2.45) is 12.8 Å². The number of rotatable bonds is 5. The molecule has 0 radical (unpaired) electrons. The highest BCUT2D eigenvalue weighted by molar-refractivity contribution is 9.10. The van der Waals surface area contributed by atoms with Crippen LogP contribution in [0.4, 0.5) is 0 Å². The van der Waals surface area contributed by atoms with Gasteiger partial charge in [0.25, 0.3) is 0 Å². The van der Waals surface area contributed by atoms with Gasteiger partial charge in [-0.2, -0.15) is 5.10 Å². The van der Waals surface area contributed by atoms with E-state index in [9.17, 15) is 0 Å². The van der Waals surface area contributed by atoms with Gasteiger partial charge in [-0.3, -0.25) is 4.68 Å². The highest BCUT2D eigenvalue weighted by Gasteiger charge is 2.15. The third-order valence-electron chi connectivity index (χ3n) is 3.14. The Hall–Kier alpha value is -1.24. The largest absolute Gasteiger partial charge is 0.493 e. The molecule has 0 aliphatic heterocycles. The first-order chi connectivity index (χ1) is 9.97. The molecule has 114 valence electrons. The summed E-state index contributed by atoms with van der Waals surface area (Å²) < 4.78 is 13.9. The van der Waals surface area contributed by atoms with Crippen molar-refractivity contribution in [2.45, 2.75) is 20.1 Å². The molecular weight excluding hydrogens is 358 g/mol. The Morgan fingerprint density at radius 3 is 2.67 bits per heavy atom. The van der Waals surface area contributed by atoms with Gasteiger partial charge in [0, 0.05) is 13.6 Å². The van der Waals surface area contributed by atoms with Gasteiger partial charge in [0.2, 0.25) is 0 Å². The highest BCUT2D eigenvalue weighted by Crippen LogP contribution is 2.37. The van der Waals surface area contributed by atoms with Crippen LogP contribution >= 0.6 is 27.5 Å². The molecule has 2 N–H and O–H groups in total. The van der Waals surface area contributed by atoms with Gasteiger partial charge in [-0.25, -0.2) is 0 Å². The van der Waals surface area contributed by atoms with E-state index in [1.165, 1.54) is 0 Å². The van der Waals surface area contributed by atoms with Crippen LogP contribution in [0.15, 0.2) is 16.6 Å². The normalized spacial score (nSPS) is 10.8. The van der Waals surface area contributed by atoms with Gasteiger partial charge in [0.1, 0.15) is 6.61 Å². The van der Waals surface area contributed by atoms with Gasteiger partial charge >= 0.3 is 0 Å². The third-order valence-corrected chi connectivity index (χ3v) is 4.45. The minimum atomic E-state index is 0.329. The van der Waals surface area contributed by atoms with Crippen molar-refractivity contribution in [1.29, 1.82) is 0 Å². The molecule has 0 bridgehead atoms. The van der Waals surface area contributed by atoms with Crippen molar-refractivity contribution in [1.82, 2.24) is 9.78 Å². The van der Waals surface area contributed by atoms with E-state index >= 15 is 0 Å². The fourth-order valence-corrected chi connectivity index (χ4v) is 2.75. The van der Waals surface area contributed by atoms with Crippen molar-refractivity contribution >= 4 is 27.5 Å². The summed E-state index contributed by atoms with van der Waals surface area (Å²) in [4.78, 5) is 0. The van der Waals surface area contributed by atoms with Crippen molar-refractivity contribution in [3.63, 3.8) is 0 Å². The molecule has 0 spiro atoms. The Kier molecular flexibility index (Phi) is 5.13. The number of halogens is 2. The molecule has 0 atom stereocenters. The van der Waals surface area contributed by atoms with E-state index in [0.717, 1.165) is 21.4 Å². The van der Waals surface area contributed by atoms with Crippen molar-refractivity contribution in [3.05, 3.63) is 38.6 Å². The summed E-state index contributed by atoms with van der Waals surface area (Å²) in [6.45, 7) is 2.65. The lowest BCUT2D eigenvalue weighted by molar-refractivity contribution is 0.275. The maximum absolute atomic E-state index is 6.25. The number of nitrogens with two attached hydrogens (primary N) is 1. The van der Waals surface area contributed by atoms with Gasteiger partial charge in [-0.1, -0.05) is 11.6 Å². The van der Waals surface area contributed by atoms with Crippen LogP contribution in [0.3, 0.4) is 0 Å². The molecule has 2 aromatic rings. The molecule has 2 rings (SSSR count). The number of ether oxygens (including phenoxy) is 2. The van der Waals surface area contributed by atoms with Crippen LogP contribution in [0.5, 0.6) is 11.5 Å². The number of aromatic nitrogens is 2. The predicted molar refractivity (Wildman–Crippen MR) is 85.9 cm³/mol. The van der Waals surface area contributed by atoms with Crippen LogP contribution < -0.4 is 15.2 Å². The minimum Gasteiger partial charge on any atom is -0.493 e. The second-order valence-corrected chi connectivity index (χ2v) is 5.77. The van der Waals surface area contributed by atoms with E-state index < -0.39 is 0 Å². The molecule has 0 aliphatic rings. The topological polar surface area (TPSA) is 62.3 Å². The van der Waals surface area contributed by atoms with Crippen LogP contribution in [-0.4, -0.2) is 16.9 Å². The summed E-state index contributed by atoms with van der Waals surface area (Å²) in [5.74, 6) is 1.07. The standard InChI is InChI=1S/C14H17BrClN3O2/c1-8-13(15)11(19(2)18-8)7-21-14-10(16)4-9(6-17)5-12(14)20-3/h4-5H,6-7,17H2,1-3H3. The van der Waals surface area contributed by atoms with Crippen LogP contribution in [0.2, 0.25) is 5.02 Å². The zero-order valence-corrected chi connectivity index (χ0v) is 14.5. The minimum absolute atomic E-state index is 0.329. The second-order valence-electron chi connectivity index (χ2n) is 4.57. The molecule has 0 amide bonds. The summed E-state index contributed by atoms with van der Waals surface area (Å²) in [5, 5.41) is 4.80. The molecule has 1 heterocycles. The molecule has 1 aromatic carbocycles. The van der Waals surface area contributed by atoms with Gasteiger partial charge in [0.05, 0.1) is 28.0 Å². The smallest absolute Gasteiger partial charge is 0.180 e. The zero-order valence-electron chi connectivity index (χ0n) is 12.1. The van der Waals surface area contributed by atoms with Crippen LogP contribution in [-0.2, 0) is 20.2 Å². The summed E-state index contributed by atoms with van der Waals surface area (Å²) in [5.41, 5.74) is 8.35. The lowest BCUT2D eigenvalue weighted by Crippen LogP contribution is -2.05. The number of methoxy groups -OCH3 is 1. The maximum atomic E-state index is 6.25. The molecule has 21 heavy (non-hydrogen) atoms. The van der Waals surface area contributed by atoms with Gasteiger partial charge in [0.15, 0.2) is 11.5 Å². The number of hydrogen-bond donors (Lipinski definition) is 1. The van der Waals surface area contributed by atoms with Gasteiger partial charge < -0.3 is 15.2 Å². The van der Waals surface area contributed by atoms with Gasteiger partial charge in [-0.15, -0.1) is 0 Å². The zero-order chi connectivity index (χ0) is 15.6. The molecule has 7 heteroatoms. The molecule has 0 saturated carbocycles. The number of aryl methyl sites for hydroxylation is 2. The van der Waals surface area contributed by atoms with Crippen LogP contribution in [0.1, 0.15) is 17.0 Å². The summed E-state index contributed by atoms with van der Waals surface area (Å²) in [6, 6.07) is 3.60. The molecular formula is C14H17BrClN3O2. The lowest BCUT2D eigenvalue weighted by Gasteiger charge is -2.14. The average Bonchev–Trinajstić information content (AvgIpc) is 2.70. The van der Waals surface area contributed by atoms with Crippen LogP contribution in [0, 0.1) is 6.92 Å². The fraction of sp³-hybridized carbons (Fsp3) is 0.357. The third kappa shape index (κ3) is 3.33. The molecule has 0 saturated heterocycles. The average molecular weight is 375 g/mol. The van der Waals surface area contributed by atoms with E-state index in [-0.39, 0.29) is 0 Å². The van der Waals surface area contributed by atoms with E-state index in [1.807, 2.05) is 20.0 Å². The Balaban J connectivity index is 2.27. The Morgan fingerprint density at radius 1 is 1.43 bits per heavy atom. The monoisotopic (exact) mass is 373 g/mol. The molecule has 0 unspecified atom stereocenters. The first-order valence-electron chi connectivity index (χ1n) is 6.35. The Bertz CT molecular complexity index is 658. The highest BCUT2D eigenvalue weighted by atomic mass is 79.9. The van der Waals surface area contributed by atoms with E-state index in [2.05, 4.69) is 21.0 Å². The maximum Gasteiger partial charge on any atom is 0.180 e. The fourth-order valence-electron chi connectivity index (χ4n) is 2.01. The first kappa shape index (κ1) is 16.1. The molecule has 0 aliphatic carbocycles. The SMILES string of the molecule is COc1cc(CN)cc(Cl)c1OCc1c(Br)c(C)nn1C. The molecule has 0 fully saturated rings. The van der Waals surface area contributed by atoms with Crippen molar-refractivity contribution < 1.29 is 9.47 Å². The second kappa shape index (κ2) is 6.68. The number of benzene rings is 1. The first-order valence-corrected chi connectivity index (χ1v) is 7.52. The number of hydrogen-bond acceptors (Lipinski definition) is 4. The quantitative estimate of drug-likeness (QED) is 0.873. The Morgan fingerprint density at radius 2 is 2.14 bits per heavy atom. The lowest BCUT2D eigenvalue weighted by atomic mass is 10.2. The van der Waals surface area contributed by atoms with Crippen molar-refractivity contribution in [2.75, 3.05) is 7.11 Å². The molecule has 5 nitrogen and oxygen atoms in total. The molecule has 1 aromatic heterocycles. The summed E-state index contributed by atoms with van der Waals surface area (Å²) >= 11 is 9.76. The number of nitrogens with zero attached hydrogens (tertiary/aromatic N) is 2. The van der Waals surface area contributed by atoms with Crippen LogP contribution in [0.25, 0.3) is 0 Å². The van der Waals surface area contributed by atoms with E-state index in [4.69, 9.17) is 26.8 Å². The predicted octanol–water partition coefficient (Wildman–Crippen LogP) is 3.19. The summed E-state index contributed by atoms with van der Waals surface area (Å²) in [6.07, 6.45) is 0.